The van der Waals surface area contributed by atoms with Crippen LogP contribution in [0.2, 0.25) is 5.02 Å². The molecule has 0 atom stereocenters. The molecule has 0 aliphatic heterocycles. The maximum Gasteiger partial charge on any atom is 0.275 e. The summed E-state index contributed by atoms with van der Waals surface area (Å²) < 4.78 is 10.2. The molecule has 6 heteroatoms. The highest BCUT2D eigenvalue weighted by atomic mass is 35.5. The number of nitrogens with zero attached hydrogens (tertiary/aromatic N) is 1. The first kappa shape index (κ1) is 15.9. The van der Waals surface area contributed by atoms with Gasteiger partial charge in [-0.1, -0.05) is 11.6 Å². The molecule has 0 aliphatic carbocycles. The summed E-state index contributed by atoms with van der Waals surface area (Å²) in [4.78, 5) is 12.1. The first-order valence-electron chi connectivity index (χ1n) is 6.45. The zero-order chi connectivity index (χ0) is 15.9. The predicted octanol–water partition coefficient (Wildman–Crippen LogP) is 3.12. The van der Waals surface area contributed by atoms with Crippen LogP contribution in [-0.4, -0.2) is 26.3 Å². The number of amides is 1. The highest BCUT2D eigenvalue weighted by Gasteiger charge is 2.11. The quantitative estimate of drug-likeness (QED) is 0.680. The van der Waals surface area contributed by atoms with Crippen molar-refractivity contribution >= 4 is 23.7 Å². The monoisotopic (exact) mass is 318 g/mol. The fourth-order valence-corrected chi connectivity index (χ4v) is 1.95. The summed E-state index contributed by atoms with van der Waals surface area (Å²) in [6, 6.07) is 12.1. The zero-order valence-corrected chi connectivity index (χ0v) is 12.9. The maximum absolute atomic E-state index is 12.1. The van der Waals surface area contributed by atoms with Gasteiger partial charge in [-0.2, -0.15) is 5.10 Å². The second-order valence-electron chi connectivity index (χ2n) is 4.32. The topological polar surface area (TPSA) is 59.9 Å². The minimum atomic E-state index is -0.399. The van der Waals surface area contributed by atoms with Crippen molar-refractivity contribution in [2.24, 2.45) is 5.10 Å². The van der Waals surface area contributed by atoms with Crippen molar-refractivity contribution in [3.05, 3.63) is 58.6 Å². The standard InChI is InChI=1S/C16H15ClN2O3/c1-21-13-6-3-11(4-7-13)10-18-19-16(20)14-9-12(17)5-8-15(14)22-2/h3-10H,1-2H3,(H,19,20)/b18-10+. The van der Waals surface area contributed by atoms with Gasteiger partial charge in [0.2, 0.25) is 0 Å². The average Bonchev–Trinajstić information content (AvgIpc) is 2.55. The molecule has 0 aliphatic rings. The van der Waals surface area contributed by atoms with Gasteiger partial charge in [-0.25, -0.2) is 5.43 Å². The minimum absolute atomic E-state index is 0.321. The highest BCUT2D eigenvalue weighted by molar-refractivity contribution is 6.31. The molecule has 2 aromatic rings. The third kappa shape index (κ3) is 3.99. The Morgan fingerprint density at radius 2 is 1.86 bits per heavy atom. The van der Waals surface area contributed by atoms with Crippen molar-refractivity contribution < 1.29 is 14.3 Å². The van der Waals surface area contributed by atoms with E-state index < -0.39 is 5.91 Å². The molecule has 0 radical (unpaired) electrons. The van der Waals surface area contributed by atoms with Crippen LogP contribution in [0.25, 0.3) is 0 Å². The van der Waals surface area contributed by atoms with Crippen LogP contribution in [0.1, 0.15) is 15.9 Å². The number of benzene rings is 2. The first-order chi connectivity index (χ1) is 10.6. The summed E-state index contributed by atoms with van der Waals surface area (Å²) in [5.74, 6) is 0.788. The average molecular weight is 319 g/mol. The Morgan fingerprint density at radius 1 is 1.14 bits per heavy atom. The van der Waals surface area contributed by atoms with Crippen LogP contribution in [0.3, 0.4) is 0 Å². The Hall–Kier alpha value is -2.53. The molecule has 2 aromatic carbocycles. The molecule has 0 heterocycles. The molecule has 22 heavy (non-hydrogen) atoms. The number of ether oxygens (including phenoxy) is 2. The lowest BCUT2D eigenvalue weighted by Gasteiger charge is -2.07. The summed E-state index contributed by atoms with van der Waals surface area (Å²) in [5.41, 5.74) is 3.59. The van der Waals surface area contributed by atoms with Crippen LogP contribution in [0.4, 0.5) is 0 Å². The van der Waals surface area contributed by atoms with Gasteiger partial charge >= 0.3 is 0 Å². The van der Waals surface area contributed by atoms with Crippen LogP contribution >= 0.6 is 11.6 Å². The van der Waals surface area contributed by atoms with E-state index in [1.165, 1.54) is 19.4 Å². The number of hydrogen-bond acceptors (Lipinski definition) is 4. The molecule has 1 N–H and O–H groups in total. The van der Waals surface area contributed by atoms with E-state index in [4.69, 9.17) is 21.1 Å². The Morgan fingerprint density at radius 3 is 2.50 bits per heavy atom. The lowest BCUT2D eigenvalue weighted by atomic mass is 10.2. The van der Waals surface area contributed by atoms with Crippen LogP contribution < -0.4 is 14.9 Å². The number of carbonyl (C=O) groups excluding carboxylic acids is 1. The van der Waals surface area contributed by atoms with E-state index in [2.05, 4.69) is 10.5 Å². The highest BCUT2D eigenvalue weighted by Crippen LogP contribution is 2.22. The van der Waals surface area contributed by atoms with Gasteiger partial charge in [-0.15, -0.1) is 0 Å². The van der Waals surface area contributed by atoms with Gasteiger partial charge in [-0.05, 0) is 48.0 Å². The van der Waals surface area contributed by atoms with E-state index >= 15 is 0 Å². The van der Waals surface area contributed by atoms with Crippen molar-refractivity contribution in [1.29, 1.82) is 0 Å². The van der Waals surface area contributed by atoms with Crippen LogP contribution in [0, 0.1) is 0 Å². The molecule has 5 nitrogen and oxygen atoms in total. The molecule has 114 valence electrons. The van der Waals surface area contributed by atoms with Gasteiger partial charge in [0.25, 0.3) is 5.91 Å². The number of hydrogen-bond donors (Lipinski definition) is 1. The zero-order valence-electron chi connectivity index (χ0n) is 12.2. The van der Waals surface area contributed by atoms with Crippen molar-refractivity contribution in [1.82, 2.24) is 5.43 Å². The molecular weight excluding hydrogens is 304 g/mol. The van der Waals surface area contributed by atoms with E-state index in [0.29, 0.717) is 16.3 Å². The summed E-state index contributed by atoms with van der Waals surface area (Å²) in [7, 11) is 3.09. The normalized spacial score (nSPS) is 10.5. The largest absolute Gasteiger partial charge is 0.497 e. The van der Waals surface area contributed by atoms with Crippen molar-refractivity contribution in [2.75, 3.05) is 14.2 Å². The Kier molecular flexibility index (Phi) is 5.38. The van der Waals surface area contributed by atoms with Crippen LogP contribution in [0.15, 0.2) is 47.6 Å². The number of halogens is 1. The van der Waals surface area contributed by atoms with Gasteiger partial charge in [-0.3, -0.25) is 4.79 Å². The minimum Gasteiger partial charge on any atom is -0.497 e. The summed E-state index contributed by atoms with van der Waals surface area (Å²) in [6.45, 7) is 0. The predicted molar refractivity (Wildman–Crippen MR) is 86.1 cm³/mol. The summed E-state index contributed by atoms with van der Waals surface area (Å²) >= 11 is 5.89. The second-order valence-corrected chi connectivity index (χ2v) is 4.75. The van der Waals surface area contributed by atoms with Gasteiger partial charge in [0.15, 0.2) is 0 Å². The third-order valence-corrected chi connectivity index (χ3v) is 3.14. The van der Waals surface area contributed by atoms with E-state index in [0.717, 1.165) is 11.3 Å². The molecule has 0 bridgehead atoms. The number of carbonyl (C=O) groups is 1. The first-order valence-corrected chi connectivity index (χ1v) is 6.83. The van der Waals surface area contributed by atoms with Gasteiger partial charge in [0, 0.05) is 5.02 Å². The molecule has 0 saturated heterocycles. The second kappa shape index (κ2) is 7.47. The smallest absolute Gasteiger partial charge is 0.275 e. The Bertz CT molecular complexity index is 684. The SMILES string of the molecule is COc1ccc(/C=N/NC(=O)c2cc(Cl)ccc2OC)cc1. The number of methoxy groups -OCH3 is 2. The molecule has 0 spiro atoms. The summed E-state index contributed by atoms with van der Waals surface area (Å²) in [5, 5.41) is 4.36. The summed E-state index contributed by atoms with van der Waals surface area (Å²) in [6.07, 6.45) is 1.54. The van der Waals surface area contributed by atoms with E-state index in [-0.39, 0.29) is 0 Å². The molecule has 2 rings (SSSR count). The molecule has 0 unspecified atom stereocenters. The van der Waals surface area contributed by atoms with E-state index in [9.17, 15) is 4.79 Å². The Balaban J connectivity index is 2.05. The number of nitrogens with one attached hydrogen (secondary N) is 1. The van der Waals surface area contributed by atoms with Crippen molar-refractivity contribution in [2.45, 2.75) is 0 Å². The van der Waals surface area contributed by atoms with Crippen molar-refractivity contribution in [3.8, 4) is 11.5 Å². The fourth-order valence-electron chi connectivity index (χ4n) is 1.77. The molecule has 0 fully saturated rings. The van der Waals surface area contributed by atoms with E-state index in [1.54, 1.807) is 19.2 Å². The molecule has 0 saturated carbocycles. The number of hydrazone groups is 1. The lowest BCUT2D eigenvalue weighted by Crippen LogP contribution is -2.18. The van der Waals surface area contributed by atoms with E-state index in [1.807, 2.05) is 24.3 Å². The van der Waals surface area contributed by atoms with Crippen LogP contribution in [0.5, 0.6) is 11.5 Å². The van der Waals surface area contributed by atoms with Crippen LogP contribution in [-0.2, 0) is 0 Å². The lowest BCUT2D eigenvalue weighted by molar-refractivity contribution is 0.0952. The van der Waals surface area contributed by atoms with Gasteiger partial charge in [0.1, 0.15) is 11.5 Å². The van der Waals surface area contributed by atoms with Gasteiger partial charge in [0.05, 0.1) is 26.0 Å². The molecular formula is C16H15ClN2O3. The van der Waals surface area contributed by atoms with Gasteiger partial charge < -0.3 is 9.47 Å². The molecule has 1 amide bonds. The van der Waals surface area contributed by atoms with Crippen molar-refractivity contribution in [3.63, 3.8) is 0 Å². The molecule has 0 aromatic heterocycles. The number of rotatable bonds is 5. The third-order valence-electron chi connectivity index (χ3n) is 2.90. The fraction of sp³-hybridized carbons (Fsp3) is 0.125. The Labute approximate surface area is 133 Å². The maximum atomic E-state index is 12.1.